The summed E-state index contributed by atoms with van der Waals surface area (Å²) in [4.78, 5) is 44.7. The van der Waals surface area contributed by atoms with Crippen LogP contribution in [0.3, 0.4) is 0 Å². The summed E-state index contributed by atoms with van der Waals surface area (Å²) in [6.45, 7) is 2.80. The van der Waals surface area contributed by atoms with Crippen molar-refractivity contribution in [2.24, 2.45) is 0 Å². The van der Waals surface area contributed by atoms with Crippen LogP contribution in [0, 0.1) is 6.92 Å². The Hall–Kier alpha value is -4.12. The van der Waals surface area contributed by atoms with Crippen molar-refractivity contribution in [3.63, 3.8) is 0 Å². The molecule has 3 heterocycles. The molecule has 0 radical (unpaired) electrons. The van der Waals surface area contributed by atoms with Gasteiger partial charge in [0.15, 0.2) is 0 Å². The van der Waals surface area contributed by atoms with Gasteiger partial charge in [-0.3, -0.25) is 9.59 Å². The number of pyridine rings is 1. The number of hydrogen-bond donors (Lipinski definition) is 3. The molecule has 0 unspecified atom stereocenters. The van der Waals surface area contributed by atoms with Crippen LogP contribution in [0.4, 0.5) is 10.5 Å². The number of halogens is 2. The van der Waals surface area contributed by atoms with E-state index in [0.717, 1.165) is 52.6 Å². The molecule has 0 saturated carbocycles. The lowest BCUT2D eigenvalue weighted by Crippen LogP contribution is -2.43. The number of hydrogen-bond acceptors (Lipinski definition) is 6. The van der Waals surface area contributed by atoms with Gasteiger partial charge in [-0.1, -0.05) is 41.4 Å². The van der Waals surface area contributed by atoms with Gasteiger partial charge in [-0.2, -0.15) is 0 Å². The van der Waals surface area contributed by atoms with E-state index in [2.05, 4.69) is 22.0 Å². The highest BCUT2D eigenvalue weighted by Crippen LogP contribution is 2.43. The maximum Gasteiger partial charge on any atom is 0.323 e. The van der Waals surface area contributed by atoms with Crippen molar-refractivity contribution >= 4 is 46.7 Å². The first-order valence-electron chi connectivity index (χ1n) is 15.2. The van der Waals surface area contributed by atoms with Crippen molar-refractivity contribution < 1.29 is 19.1 Å². The van der Waals surface area contributed by atoms with E-state index in [1.165, 1.54) is 9.80 Å². The smallest absolute Gasteiger partial charge is 0.323 e. The summed E-state index contributed by atoms with van der Waals surface area (Å²) in [5.41, 5.74) is 6.95. The molecule has 0 bridgehead atoms. The number of methoxy groups -OCH3 is 1. The maximum absolute atomic E-state index is 13.2. The molecule has 10 nitrogen and oxygen atoms in total. The topological polar surface area (TPSA) is 116 Å². The molecule has 46 heavy (non-hydrogen) atoms. The lowest BCUT2D eigenvalue weighted by atomic mass is 9.95. The summed E-state index contributed by atoms with van der Waals surface area (Å²) < 4.78 is 5.80. The van der Waals surface area contributed by atoms with E-state index < -0.39 is 0 Å². The Morgan fingerprint density at radius 1 is 1.09 bits per heavy atom. The summed E-state index contributed by atoms with van der Waals surface area (Å²) in [6, 6.07) is 11.4. The second kappa shape index (κ2) is 12.9. The SMILES string of the molecule is COc1nc(-c2cccc(-c3cc(Cl)cc(NC(=O)C4=CN(C)C(=O)N(C)C4)c3C)c2Cl)cc2c1[C@@H](NC[C@@H]1CCC(=O)N1)CC2. The molecule has 1 aliphatic carbocycles. The number of benzene rings is 2. The second-order valence-corrected chi connectivity index (χ2v) is 12.9. The summed E-state index contributed by atoms with van der Waals surface area (Å²) >= 11 is 13.7. The monoisotopic (exact) mass is 662 g/mol. The molecule has 1 aromatic heterocycles. The molecule has 3 N–H and O–H groups in total. The number of likely N-dealkylation sites (N-methyl/N-ethyl adjacent to an activating group) is 1. The van der Waals surface area contributed by atoms with Crippen LogP contribution in [0.2, 0.25) is 10.0 Å². The van der Waals surface area contributed by atoms with E-state index >= 15 is 0 Å². The van der Waals surface area contributed by atoms with Crippen molar-refractivity contribution in [3.8, 4) is 28.3 Å². The number of nitrogens with one attached hydrogen (secondary N) is 3. The maximum atomic E-state index is 13.2. The summed E-state index contributed by atoms with van der Waals surface area (Å²) in [7, 11) is 4.89. The number of urea groups is 1. The van der Waals surface area contributed by atoms with Crippen molar-refractivity contribution in [3.05, 3.63) is 74.9 Å². The molecule has 0 spiro atoms. The highest BCUT2D eigenvalue weighted by atomic mass is 35.5. The predicted octanol–water partition coefficient (Wildman–Crippen LogP) is 5.71. The third-order valence-electron chi connectivity index (χ3n) is 8.91. The van der Waals surface area contributed by atoms with E-state index in [9.17, 15) is 14.4 Å². The van der Waals surface area contributed by atoms with E-state index in [1.54, 1.807) is 33.5 Å². The second-order valence-electron chi connectivity index (χ2n) is 12.0. The van der Waals surface area contributed by atoms with Gasteiger partial charge in [-0.05, 0) is 61.1 Å². The Labute approximate surface area is 278 Å². The summed E-state index contributed by atoms with van der Waals surface area (Å²) in [6.07, 6.45) is 4.72. The van der Waals surface area contributed by atoms with Gasteiger partial charge in [0.25, 0.3) is 5.91 Å². The number of aromatic nitrogens is 1. The third kappa shape index (κ3) is 6.17. The number of carbonyl (C=O) groups excluding carboxylic acids is 3. The van der Waals surface area contributed by atoms with Crippen LogP contribution in [0.1, 0.15) is 42.0 Å². The van der Waals surface area contributed by atoms with Crippen LogP contribution >= 0.6 is 23.2 Å². The fourth-order valence-corrected chi connectivity index (χ4v) is 7.04. The van der Waals surface area contributed by atoms with Crippen LogP contribution in [-0.4, -0.2) is 73.0 Å². The van der Waals surface area contributed by atoms with E-state index in [4.69, 9.17) is 32.9 Å². The van der Waals surface area contributed by atoms with Gasteiger partial charge in [0.05, 0.1) is 29.9 Å². The zero-order valence-electron chi connectivity index (χ0n) is 26.2. The minimum Gasteiger partial charge on any atom is -0.481 e. The molecular formula is C34H36Cl2N6O4. The van der Waals surface area contributed by atoms with Gasteiger partial charge in [0.1, 0.15) is 0 Å². The Balaban J connectivity index is 1.29. The standard InChI is InChI=1S/C34H36Cl2N6O4/c1-18-25(13-21(35)14-27(18)39-32(44)20-16-41(2)34(45)42(3)17-20)23-6-5-7-24(31(23)36)28-12-19-8-10-26(30(19)33(40-28)46-4)37-15-22-9-11-29(43)38-22/h5-7,12-14,16,22,26,37H,8-11,15,17H2,1-4H3,(H,38,43)(H,39,44)/t22-,26-/m0/s1. The van der Waals surface area contributed by atoms with E-state index in [1.807, 2.05) is 31.2 Å². The number of ether oxygens (including phenoxy) is 1. The molecule has 1 fully saturated rings. The number of nitrogens with zero attached hydrogens (tertiary/aromatic N) is 3. The molecule has 4 amide bonds. The number of aryl methyl sites for hydroxylation is 1. The van der Waals surface area contributed by atoms with E-state index in [0.29, 0.717) is 45.8 Å². The average Bonchev–Trinajstić information content (AvgIpc) is 3.65. The fraction of sp³-hybridized carbons (Fsp3) is 0.353. The molecule has 2 aromatic carbocycles. The number of anilines is 1. The van der Waals surface area contributed by atoms with Crippen LogP contribution in [0.15, 0.2) is 48.2 Å². The number of carbonyl (C=O) groups is 3. The first-order valence-corrected chi connectivity index (χ1v) is 16.0. The third-order valence-corrected chi connectivity index (χ3v) is 9.54. The van der Waals surface area contributed by atoms with Crippen molar-refractivity contribution in [1.29, 1.82) is 0 Å². The number of rotatable bonds is 8. The van der Waals surface area contributed by atoms with E-state index in [-0.39, 0.29) is 36.5 Å². The molecule has 3 aromatic rings. The molecular weight excluding hydrogens is 627 g/mol. The van der Waals surface area contributed by atoms with Gasteiger partial charge in [0.2, 0.25) is 11.8 Å². The quantitative estimate of drug-likeness (QED) is 0.284. The molecule has 240 valence electrons. The Morgan fingerprint density at radius 2 is 1.87 bits per heavy atom. The van der Waals surface area contributed by atoms with Crippen molar-refractivity contribution in [2.75, 3.05) is 39.6 Å². The van der Waals surface area contributed by atoms with Gasteiger partial charge in [-0.25, -0.2) is 9.78 Å². The molecule has 1 saturated heterocycles. The van der Waals surface area contributed by atoms with Crippen LogP contribution in [0.5, 0.6) is 5.88 Å². The molecule has 3 aliphatic rings. The largest absolute Gasteiger partial charge is 0.481 e. The predicted molar refractivity (Wildman–Crippen MR) is 179 cm³/mol. The molecule has 6 rings (SSSR count). The van der Waals surface area contributed by atoms with Crippen molar-refractivity contribution in [2.45, 2.75) is 44.7 Å². The van der Waals surface area contributed by atoms with Crippen LogP contribution in [0.25, 0.3) is 22.4 Å². The molecule has 2 atom stereocenters. The van der Waals surface area contributed by atoms with Crippen molar-refractivity contribution in [1.82, 2.24) is 25.4 Å². The minimum absolute atomic E-state index is 0.0826. The first kappa shape index (κ1) is 31.8. The first-order chi connectivity index (χ1) is 22.0. The average molecular weight is 664 g/mol. The normalized spacial score (nSPS) is 19.2. The highest BCUT2D eigenvalue weighted by molar-refractivity contribution is 6.36. The van der Waals surface area contributed by atoms with Crippen LogP contribution in [-0.2, 0) is 16.0 Å². The van der Waals surface area contributed by atoms with Gasteiger partial charge < -0.3 is 30.5 Å². The van der Waals surface area contributed by atoms with Crippen LogP contribution < -0.4 is 20.7 Å². The molecule has 12 heteroatoms. The number of amides is 4. The molecule has 2 aliphatic heterocycles. The Kier molecular flexibility index (Phi) is 8.96. The lowest BCUT2D eigenvalue weighted by Gasteiger charge is -2.29. The fourth-order valence-electron chi connectivity index (χ4n) is 6.50. The minimum atomic E-state index is -0.322. The Morgan fingerprint density at radius 3 is 2.59 bits per heavy atom. The van der Waals surface area contributed by atoms with Gasteiger partial charge >= 0.3 is 6.03 Å². The lowest BCUT2D eigenvalue weighted by molar-refractivity contribution is -0.119. The zero-order chi connectivity index (χ0) is 32.7. The zero-order valence-corrected chi connectivity index (χ0v) is 27.7. The number of fused-ring (bicyclic) bond motifs is 1. The summed E-state index contributed by atoms with van der Waals surface area (Å²) in [5.74, 6) is 0.337. The summed E-state index contributed by atoms with van der Waals surface area (Å²) in [5, 5.41) is 10.5. The van der Waals surface area contributed by atoms with Gasteiger partial charge in [-0.15, -0.1) is 0 Å². The Bertz CT molecular complexity index is 1780. The highest BCUT2D eigenvalue weighted by Gasteiger charge is 2.31. The van der Waals surface area contributed by atoms with Gasteiger partial charge in [0, 0.05) is 72.7 Å².